The minimum absolute atomic E-state index is 0.0597. The first-order valence-corrected chi connectivity index (χ1v) is 10.8. The molecule has 1 N–H and O–H groups in total. The van der Waals surface area contributed by atoms with Gasteiger partial charge in [-0.15, -0.1) is 0 Å². The monoisotopic (exact) mass is 425 g/mol. The Balaban J connectivity index is 1.75. The molecule has 0 spiro atoms. The summed E-state index contributed by atoms with van der Waals surface area (Å²) in [6.07, 6.45) is 0. The van der Waals surface area contributed by atoms with Crippen molar-refractivity contribution in [1.29, 1.82) is 0 Å². The Labute approximate surface area is 176 Å². The van der Waals surface area contributed by atoms with Gasteiger partial charge in [0.05, 0.1) is 13.0 Å². The van der Waals surface area contributed by atoms with Crippen LogP contribution in [0.5, 0.6) is 5.75 Å². The number of carbonyl (C=O) groups is 1. The van der Waals surface area contributed by atoms with Gasteiger partial charge in [-0.25, -0.2) is 0 Å². The summed E-state index contributed by atoms with van der Waals surface area (Å²) in [5.41, 5.74) is 1.69. The fourth-order valence-electron chi connectivity index (χ4n) is 2.98. The summed E-state index contributed by atoms with van der Waals surface area (Å²) in [6, 6.07) is 24.2. The first-order chi connectivity index (χ1) is 14.5. The maximum atomic E-state index is 12.5. The number of hydrogen-bond donors (Lipinski definition) is 1. The number of rotatable bonds is 9. The fourth-order valence-corrected chi connectivity index (χ4v) is 3.93. The fraction of sp³-hybridized carbons (Fsp3) is 0.174. The third-order valence-electron chi connectivity index (χ3n) is 4.50. The van der Waals surface area contributed by atoms with Gasteiger partial charge in [-0.1, -0.05) is 60.7 Å². The van der Waals surface area contributed by atoms with Gasteiger partial charge in [-0.05, 0) is 35.4 Å². The molecule has 0 fully saturated rings. The highest BCUT2D eigenvalue weighted by Gasteiger charge is 2.23. The van der Waals surface area contributed by atoms with Crippen molar-refractivity contribution in [3.05, 3.63) is 96.1 Å². The smallest absolute Gasteiger partial charge is 0.339 e. The van der Waals surface area contributed by atoms with E-state index in [1.165, 1.54) is 25.3 Å². The number of methoxy groups -OCH3 is 1. The van der Waals surface area contributed by atoms with Crippen LogP contribution in [-0.4, -0.2) is 28.0 Å². The molecule has 3 aromatic rings. The molecule has 0 aromatic heterocycles. The van der Waals surface area contributed by atoms with E-state index in [1.54, 1.807) is 36.4 Å². The highest BCUT2D eigenvalue weighted by atomic mass is 32.2. The SMILES string of the molecule is COC(=O)C(CNCc1ccccc1)c1cccc(OS(=O)(=O)c2ccccc2)c1. The van der Waals surface area contributed by atoms with Crippen LogP contribution in [0.25, 0.3) is 0 Å². The van der Waals surface area contributed by atoms with Crippen molar-refractivity contribution < 1.29 is 22.1 Å². The Bertz CT molecular complexity index is 1070. The van der Waals surface area contributed by atoms with Gasteiger partial charge in [0.2, 0.25) is 0 Å². The first kappa shape index (κ1) is 21.5. The first-order valence-electron chi connectivity index (χ1n) is 9.41. The average Bonchev–Trinajstić information content (AvgIpc) is 2.77. The number of esters is 1. The van der Waals surface area contributed by atoms with E-state index in [2.05, 4.69) is 5.32 Å². The molecule has 0 aliphatic rings. The molecule has 0 radical (unpaired) electrons. The zero-order valence-corrected chi connectivity index (χ0v) is 17.3. The largest absolute Gasteiger partial charge is 0.469 e. The molecule has 0 bridgehead atoms. The zero-order valence-electron chi connectivity index (χ0n) is 16.5. The third kappa shape index (κ3) is 5.68. The summed E-state index contributed by atoms with van der Waals surface area (Å²) in [5, 5.41) is 3.25. The van der Waals surface area contributed by atoms with Gasteiger partial charge in [-0.3, -0.25) is 4.79 Å². The molecule has 30 heavy (non-hydrogen) atoms. The van der Waals surface area contributed by atoms with Gasteiger partial charge in [0.15, 0.2) is 0 Å². The summed E-state index contributed by atoms with van der Waals surface area (Å²) in [4.78, 5) is 12.4. The van der Waals surface area contributed by atoms with Crippen LogP contribution in [0.2, 0.25) is 0 Å². The van der Waals surface area contributed by atoms with Crippen LogP contribution in [0.3, 0.4) is 0 Å². The molecule has 0 heterocycles. The highest BCUT2D eigenvalue weighted by Crippen LogP contribution is 2.24. The predicted molar refractivity (Wildman–Crippen MR) is 114 cm³/mol. The molecule has 0 saturated heterocycles. The lowest BCUT2D eigenvalue weighted by Crippen LogP contribution is -2.27. The topological polar surface area (TPSA) is 81.7 Å². The van der Waals surface area contributed by atoms with Crippen molar-refractivity contribution in [3.63, 3.8) is 0 Å². The molecule has 6 nitrogen and oxygen atoms in total. The van der Waals surface area contributed by atoms with Gasteiger partial charge in [0.1, 0.15) is 10.6 Å². The van der Waals surface area contributed by atoms with E-state index in [9.17, 15) is 13.2 Å². The van der Waals surface area contributed by atoms with Crippen LogP contribution in [0.15, 0.2) is 89.8 Å². The van der Waals surface area contributed by atoms with Crippen molar-refractivity contribution in [2.45, 2.75) is 17.4 Å². The van der Waals surface area contributed by atoms with Crippen LogP contribution >= 0.6 is 0 Å². The molecule has 0 aliphatic heterocycles. The second kappa shape index (κ2) is 10.0. The molecule has 156 valence electrons. The molecule has 3 rings (SSSR count). The van der Waals surface area contributed by atoms with Crippen molar-refractivity contribution in [3.8, 4) is 5.75 Å². The van der Waals surface area contributed by atoms with Gasteiger partial charge >= 0.3 is 16.1 Å². The van der Waals surface area contributed by atoms with Crippen LogP contribution in [0.4, 0.5) is 0 Å². The zero-order chi connectivity index (χ0) is 21.4. The lowest BCUT2D eigenvalue weighted by molar-refractivity contribution is -0.142. The molecule has 0 amide bonds. The van der Waals surface area contributed by atoms with Crippen molar-refractivity contribution >= 4 is 16.1 Å². The number of carbonyl (C=O) groups excluding carboxylic acids is 1. The molecule has 0 saturated carbocycles. The molecule has 7 heteroatoms. The van der Waals surface area contributed by atoms with E-state index >= 15 is 0 Å². The minimum atomic E-state index is -3.97. The average molecular weight is 426 g/mol. The van der Waals surface area contributed by atoms with Crippen molar-refractivity contribution in [2.24, 2.45) is 0 Å². The Morgan fingerprint density at radius 2 is 1.60 bits per heavy atom. The standard InChI is InChI=1S/C23H23NO5S/c1-28-23(25)22(17-24-16-18-9-4-2-5-10-18)19-11-8-12-20(15-19)29-30(26,27)21-13-6-3-7-14-21/h2-15,22,24H,16-17H2,1H3. The predicted octanol–water partition coefficient (Wildman–Crippen LogP) is 3.50. The Morgan fingerprint density at radius 1 is 0.933 bits per heavy atom. The van der Waals surface area contributed by atoms with Gasteiger partial charge in [-0.2, -0.15) is 8.42 Å². The summed E-state index contributed by atoms with van der Waals surface area (Å²) in [5.74, 6) is -0.895. The maximum Gasteiger partial charge on any atom is 0.339 e. The lowest BCUT2D eigenvalue weighted by Gasteiger charge is -2.17. The van der Waals surface area contributed by atoms with Gasteiger partial charge < -0.3 is 14.2 Å². The van der Waals surface area contributed by atoms with Crippen LogP contribution < -0.4 is 9.50 Å². The Kier molecular flexibility index (Phi) is 7.21. The van der Waals surface area contributed by atoms with E-state index in [4.69, 9.17) is 8.92 Å². The minimum Gasteiger partial charge on any atom is -0.469 e. The maximum absolute atomic E-state index is 12.5. The second-order valence-electron chi connectivity index (χ2n) is 6.62. The Hall–Kier alpha value is -3.16. The summed E-state index contributed by atoms with van der Waals surface area (Å²) in [7, 11) is -2.64. The number of ether oxygens (including phenoxy) is 1. The van der Waals surface area contributed by atoms with Gasteiger partial charge in [0.25, 0.3) is 0 Å². The molecule has 1 atom stereocenters. The van der Waals surface area contributed by atoms with Crippen LogP contribution in [0, 0.1) is 0 Å². The van der Waals surface area contributed by atoms with E-state index < -0.39 is 22.0 Å². The van der Waals surface area contributed by atoms with Crippen molar-refractivity contribution in [2.75, 3.05) is 13.7 Å². The summed E-state index contributed by atoms with van der Waals surface area (Å²) < 4.78 is 35.2. The van der Waals surface area contributed by atoms with E-state index in [0.29, 0.717) is 18.7 Å². The van der Waals surface area contributed by atoms with E-state index in [0.717, 1.165) is 5.56 Å². The van der Waals surface area contributed by atoms with Crippen LogP contribution in [-0.2, 0) is 26.2 Å². The van der Waals surface area contributed by atoms with Crippen molar-refractivity contribution in [1.82, 2.24) is 5.32 Å². The van der Waals surface area contributed by atoms with Crippen LogP contribution in [0.1, 0.15) is 17.0 Å². The lowest BCUT2D eigenvalue weighted by atomic mass is 9.99. The molecule has 0 aliphatic carbocycles. The summed E-state index contributed by atoms with van der Waals surface area (Å²) >= 11 is 0. The normalized spacial score (nSPS) is 12.2. The second-order valence-corrected chi connectivity index (χ2v) is 8.16. The van der Waals surface area contributed by atoms with Gasteiger partial charge in [0, 0.05) is 13.1 Å². The number of nitrogens with one attached hydrogen (secondary N) is 1. The molecular formula is C23H23NO5S. The van der Waals surface area contributed by atoms with E-state index in [1.807, 2.05) is 30.3 Å². The molecule has 1 unspecified atom stereocenters. The molecular weight excluding hydrogens is 402 g/mol. The summed E-state index contributed by atoms with van der Waals surface area (Å²) in [6.45, 7) is 0.920. The Morgan fingerprint density at radius 3 is 2.27 bits per heavy atom. The molecule has 3 aromatic carbocycles. The number of benzene rings is 3. The third-order valence-corrected chi connectivity index (χ3v) is 5.77. The highest BCUT2D eigenvalue weighted by molar-refractivity contribution is 7.87. The number of hydrogen-bond acceptors (Lipinski definition) is 6. The van der Waals surface area contributed by atoms with E-state index in [-0.39, 0.29) is 10.6 Å². The quantitative estimate of drug-likeness (QED) is 0.417.